The molecule has 3 nitrogen and oxygen atoms in total. The minimum absolute atomic E-state index is 0.290. The van der Waals surface area contributed by atoms with Crippen molar-refractivity contribution in [3.05, 3.63) is 69.2 Å². The number of carbonyl (C=O) groups excluding carboxylic acids is 1. The van der Waals surface area contributed by atoms with E-state index in [1.54, 1.807) is 11.3 Å². The van der Waals surface area contributed by atoms with Crippen molar-refractivity contribution in [2.24, 2.45) is 5.73 Å². The molecular weight excluding hydrogens is 352 g/mol. The fraction of sp³-hybridized carbons (Fsp3) is 0.348. The number of rotatable bonds is 6. The Morgan fingerprint density at radius 1 is 1.30 bits per heavy atom. The zero-order valence-corrected chi connectivity index (χ0v) is 16.8. The molecule has 2 heterocycles. The molecule has 0 radical (unpaired) electrons. The zero-order valence-electron chi connectivity index (χ0n) is 16.0. The maximum atomic E-state index is 12.4. The van der Waals surface area contributed by atoms with Gasteiger partial charge in [0.2, 0.25) is 0 Å². The summed E-state index contributed by atoms with van der Waals surface area (Å²) < 4.78 is 2.43. The minimum atomic E-state index is -0.323. The van der Waals surface area contributed by atoms with Crippen molar-refractivity contribution >= 4 is 17.2 Å². The van der Waals surface area contributed by atoms with Crippen LogP contribution in [0.2, 0.25) is 0 Å². The van der Waals surface area contributed by atoms with Crippen molar-refractivity contribution in [2.45, 2.75) is 52.0 Å². The fourth-order valence-electron chi connectivity index (χ4n) is 4.60. The van der Waals surface area contributed by atoms with Gasteiger partial charge in [0.1, 0.15) is 0 Å². The van der Waals surface area contributed by atoms with Gasteiger partial charge in [0, 0.05) is 17.0 Å². The summed E-state index contributed by atoms with van der Waals surface area (Å²) >= 11 is 1.66. The van der Waals surface area contributed by atoms with Gasteiger partial charge in [-0.05, 0) is 66.1 Å². The summed E-state index contributed by atoms with van der Waals surface area (Å²) in [6.45, 7) is 4.27. The molecule has 140 valence electrons. The number of thiophene rings is 1. The summed E-state index contributed by atoms with van der Waals surface area (Å²) in [6, 6.07) is 11.1. The monoisotopic (exact) mass is 378 g/mol. The van der Waals surface area contributed by atoms with Gasteiger partial charge in [-0.25, -0.2) is 0 Å². The highest BCUT2D eigenvalue weighted by molar-refractivity contribution is 7.08. The van der Waals surface area contributed by atoms with Gasteiger partial charge in [0.05, 0.1) is 11.6 Å². The van der Waals surface area contributed by atoms with E-state index < -0.39 is 0 Å². The Morgan fingerprint density at radius 3 is 2.81 bits per heavy atom. The van der Waals surface area contributed by atoms with E-state index in [-0.39, 0.29) is 5.91 Å². The average Bonchev–Trinajstić information content (AvgIpc) is 3.37. The summed E-state index contributed by atoms with van der Waals surface area (Å²) in [5.41, 5.74) is 13.8. The summed E-state index contributed by atoms with van der Waals surface area (Å²) in [7, 11) is 0. The van der Waals surface area contributed by atoms with Crippen LogP contribution in [-0.2, 0) is 12.8 Å². The summed E-state index contributed by atoms with van der Waals surface area (Å²) in [5, 5.41) is 4.20. The molecule has 27 heavy (non-hydrogen) atoms. The molecule has 0 bridgehead atoms. The maximum absolute atomic E-state index is 12.4. The third-order valence-electron chi connectivity index (χ3n) is 5.79. The molecule has 0 saturated carbocycles. The summed E-state index contributed by atoms with van der Waals surface area (Å²) in [6.07, 6.45) is 5.36. The highest BCUT2D eigenvalue weighted by atomic mass is 32.1. The van der Waals surface area contributed by atoms with Crippen LogP contribution >= 0.6 is 11.3 Å². The van der Waals surface area contributed by atoms with Crippen LogP contribution in [-0.4, -0.2) is 10.5 Å². The van der Waals surface area contributed by atoms with Crippen molar-refractivity contribution < 1.29 is 4.79 Å². The molecule has 2 aromatic heterocycles. The summed E-state index contributed by atoms with van der Waals surface area (Å²) in [5.74, 6) is -0.323. The molecule has 1 unspecified atom stereocenters. The first kappa shape index (κ1) is 18.1. The predicted octanol–water partition coefficient (Wildman–Crippen LogP) is 5.50. The number of benzene rings is 1. The number of fused-ring (bicyclic) bond motifs is 1. The van der Waals surface area contributed by atoms with Gasteiger partial charge in [-0.1, -0.05) is 37.6 Å². The number of nitrogens with zero attached hydrogens (tertiary/aromatic N) is 1. The van der Waals surface area contributed by atoms with Crippen LogP contribution in [0.4, 0.5) is 0 Å². The molecule has 0 spiro atoms. The molecule has 4 heteroatoms. The van der Waals surface area contributed by atoms with E-state index in [0.717, 1.165) is 48.9 Å². The summed E-state index contributed by atoms with van der Waals surface area (Å²) in [4.78, 5) is 12.4. The lowest BCUT2D eigenvalue weighted by molar-refractivity contribution is 0.1000. The highest BCUT2D eigenvalue weighted by Gasteiger charge is 2.31. The molecule has 1 amide bonds. The van der Waals surface area contributed by atoms with E-state index in [9.17, 15) is 4.79 Å². The van der Waals surface area contributed by atoms with Crippen molar-refractivity contribution in [1.82, 2.24) is 4.57 Å². The normalized spacial score (nSPS) is 15.9. The Labute approximate surface area is 164 Å². The van der Waals surface area contributed by atoms with Crippen LogP contribution in [0.5, 0.6) is 0 Å². The lowest BCUT2D eigenvalue weighted by Crippen LogP contribution is -2.15. The standard InChI is InChI=1S/C23H26N2OS/c1-3-4-9-20-22(17-12-13-27-14-17)21(23(24)26)15(2)25(20)19-11-10-16-7-5-6-8-18(16)19/h5-8,12-14,19H,3-4,9-11H2,1-2H3,(H2,24,26). The first-order valence-corrected chi connectivity index (χ1v) is 10.7. The molecule has 3 aromatic rings. The van der Waals surface area contributed by atoms with Crippen LogP contribution in [0.25, 0.3) is 11.1 Å². The predicted molar refractivity (Wildman–Crippen MR) is 113 cm³/mol. The lowest BCUT2D eigenvalue weighted by atomic mass is 10.00. The third kappa shape index (κ3) is 3.02. The molecule has 0 aliphatic heterocycles. The number of carbonyl (C=O) groups is 1. The van der Waals surface area contributed by atoms with Gasteiger partial charge in [-0.2, -0.15) is 11.3 Å². The molecular formula is C23H26N2OS. The molecule has 2 N–H and O–H groups in total. The molecule has 1 atom stereocenters. The van der Waals surface area contributed by atoms with Gasteiger partial charge in [-0.15, -0.1) is 0 Å². The van der Waals surface area contributed by atoms with E-state index in [2.05, 4.69) is 59.5 Å². The van der Waals surface area contributed by atoms with Crippen LogP contribution < -0.4 is 5.73 Å². The largest absolute Gasteiger partial charge is 0.366 e. The number of nitrogens with two attached hydrogens (primary N) is 1. The smallest absolute Gasteiger partial charge is 0.251 e. The second-order valence-corrected chi connectivity index (χ2v) is 8.17. The number of primary amides is 1. The molecule has 4 rings (SSSR count). The molecule has 1 aliphatic rings. The quantitative estimate of drug-likeness (QED) is 0.605. The number of hydrogen-bond acceptors (Lipinski definition) is 2. The minimum Gasteiger partial charge on any atom is -0.366 e. The van der Waals surface area contributed by atoms with Crippen molar-refractivity contribution in [3.63, 3.8) is 0 Å². The maximum Gasteiger partial charge on any atom is 0.251 e. The van der Waals surface area contributed by atoms with Gasteiger partial charge in [0.25, 0.3) is 5.91 Å². The van der Waals surface area contributed by atoms with E-state index >= 15 is 0 Å². The number of unbranched alkanes of at least 4 members (excludes halogenated alkanes) is 1. The van der Waals surface area contributed by atoms with Gasteiger partial charge in [-0.3, -0.25) is 4.79 Å². The lowest BCUT2D eigenvalue weighted by Gasteiger charge is -2.21. The second kappa shape index (κ2) is 7.35. The fourth-order valence-corrected chi connectivity index (χ4v) is 5.25. The Bertz CT molecular complexity index is 969. The SMILES string of the molecule is CCCCc1c(-c2ccsc2)c(C(N)=O)c(C)n1C1CCc2ccccc21. The molecule has 1 aromatic carbocycles. The molecule has 0 saturated heterocycles. The van der Waals surface area contributed by atoms with E-state index in [0.29, 0.717) is 11.6 Å². The van der Waals surface area contributed by atoms with Crippen LogP contribution in [0.1, 0.15) is 65.1 Å². The third-order valence-corrected chi connectivity index (χ3v) is 6.47. The second-order valence-electron chi connectivity index (χ2n) is 7.39. The van der Waals surface area contributed by atoms with Crippen molar-refractivity contribution in [2.75, 3.05) is 0 Å². The Morgan fingerprint density at radius 2 is 2.11 bits per heavy atom. The van der Waals surface area contributed by atoms with E-state index in [4.69, 9.17) is 5.73 Å². The topological polar surface area (TPSA) is 48.0 Å². The Kier molecular flexibility index (Phi) is 4.92. The van der Waals surface area contributed by atoms with Gasteiger partial charge >= 0.3 is 0 Å². The zero-order chi connectivity index (χ0) is 19.0. The van der Waals surface area contributed by atoms with Crippen molar-refractivity contribution in [1.29, 1.82) is 0 Å². The van der Waals surface area contributed by atoms with Gasteiger partial charge < -0.3 is 10.3 Å². The van der Waals surface area contributed by atoms with E-state index in [1.165, 1.54) is 16.8 Å². The van der Waals surface area contributed by atoms with Crippen LogP contribution in [0, 0.1) is 6.92 Å². The number of aromatic nitrogens is 1. The Balaban J connectivity index is 1.96. The molecule has 1 aliphatic carbocycles. The molecule has 0 fully saturated rings. The van der Waals surface area contributed by atoms with E-state index in [1.807, 2.05) is 0 Å². The Hall–Kier alpha value is -2.33. The first-order chi connectivity index (χ1) is 13.1. The average molecular weight is 379 g/mol. The van der Waals surface area contributed by atoms with Crippen LogP contribution in [0.3, 0.4) is 0 Å². The number of hydrogen-bond donors (Lipinski definition) is 1. The number of amides is 1. The van der Waals surface area contributed by atoms with Crippen LogP contribution in [0.15, 0.2) is 41.1 Å². The highest BCUT2D eigenvalue weighted by Crippen LogP contribution is 2.42. The van der Waals surface area contributed by atoms with Crippen molar-refractivity contribution in [3.8, 4) is 11.1 Å². The van der Waals surface area contributed by atoms with Gasteiger partial charge in [0.15, 0.2) is 0 Å². The first-order valence-electron chi connectivity index (χ1n) is 9.77. The number of aryl methyl sites for hydroxylation is 1.